The van der Waals surface area contributed by atoms with Gasteiger partial charge in [0.05, 0.1) is 6.54 Å². The van der Waals surface area contributed by atoms with Crippen LogP contribution in [0.1, 0.15) is 16.7 Å². The molecule has 0 aliphatic carbocycles. The Hall–Kier alpha value is -1.64. The Morgan fingerprint density at radius 1 is 1.00 bits per heavy atom. The SMILES string of the molecule is O=C(Cl)[N+]1(Cc2ccccc2)CCc2ccccc2C1. The molecule has 1 atom stereocenters. The molecule has 3 heteroatoms. The van der Waals surface area contributed by atoms with E-state index in [2.05, 4.69) is 30.3 Å². The summed E-state index contributed by atoms with van der Waals surface area (Å²) in [5.74, 6) is 0. The number of amides is 1. The molecule has 0 aromatic heterocycles. The van der Waals surface area contributed by atoms with E-state index >= 15 is 0 Å². The summed E-state index contributed by atoms with van der Waals surface area (Å²) >= 11 is 5.96. The van der Waals surface area contributed by atoms with Gasteiger partial charge in [0.15, 0.2) is 0 Å². The van der Waals surface area contributed by atoms with Gasteiger partial charge in [-0.2, -0.15) is 0 Å². The number of quaternary nitrogens is 1. The van der Waals surface area contributed by atoms with Crippen LogP contribution < -0.4 is 0 Å². The van der Waals surface area contributed by atoms with Gasteiger partial charge in [-0.25, -0.2) is 9.28 Å². The molecule has 2 aromatic rings. The maximum atomic E-state index is 12.1. The average Bonchev–Trinajstić information content (AvgIpc) is 2.48. The summed E-state index contributed by atoms with van der Waals surface area (Å²) in [4.78, 5) is 12.1. The summed E-state index contributed by atoms with van der Waals surface area (Å²) in [6.45, 7) is 2.12. The number of fused-ring (bicyclic) bond motifs is 1. The third-order valence-corrected chi connectivity index (χ3v) is 4.46. The zero-order valence-electron chi connectivity index (χ0n) is 11.3. The average molecular weight is 287 g/mol. The Bertz CT molecular complexity index is 626. The first-order chi connectivity index (χ1) is 9.70. The van der Waals surface area contributed by atoms with Gasteiger partial charge in [-0.05, 0) is 5.56 Å². The molecule has 0 fully saturated rings. The highest BCUT2D eigenvalue weighted by molar-refractivity contribution is 6.60. The van der Waals surface area contributed by atoms with E-state index in [-0.39, 0.29) is 5.37 Å². The van der Waals surface area contributed by atoms with Crippen molar-refractivity contribution >= 4 is 17.0 Å². The van der Waals surface area contributed by atoms with Gasteiger partial charge in [0.25, 0.3) is 0 Å². The Kier molecular flexibility index (Phi) is 3.60. The van der Waals surface area contributed by atoms with E-state index in [4.69, 9.17) is 11.6 Å². The monoisotopic (exact) mass is 286 g/mol. The molecule has 2 aromatic carbocycles. The predicted octanol–water partition coefficient (Wildman–Crippen LogP) is 4.12. The molecule has 0 saturated carbocycles. The third kappa shape index (κ3) is 2.49. The summed E-state index contributed by atoms with van der Waals surface area (Å²) in [7, 11) is 0. The largest absolute Gasteiger partial charge is 0.412 e. The van der Waals surface area contributed by atoms with Gasteiger partial charge in [-0.3, -0.25) is 0 Å². The van der Waals surface area contributed by atoms with E-state index in [0.717, 1.165) is 18.5 Å². The molecule has 0 radical (unpaired) electrons. The van der Waals surface area contributed by atoms with Gasteiger partial charge in [-0.1, -0.05) is 54.6 Å². The molecule has 1 aliphatic heterocycles. The standard InChI is InChI=1S/C17H17ClNO/c18-17(20)19(12-14-6-2-1-3-7-14)11-10-15-8-4-5-9-16(15)13-19/h1-9H,10-13H2/q+1. The van der Waals surface area contributed by atoms with E-state index < -0.39 is 0 Å². The Morgan fingerprint density at radius 3 is 2.35 bits per heavy atom. The number of hydrogen-bond donors (Lipinski definition) is 0. The molecule has 2 nitrogen and oxygen atoms in total. The van der Waals surface area contributed by atoms with Crippen LogP contribution in [0.5, 0.6) is 0 Å². The first kappa shape index (κ1) is 13.3. The maximum Gasteiger partial charge on any atom is 0.412 e. The van der Waals surface area contributed by atoms with Crippen molar-refractivity contribution in [1.29, 1.82) is 0 Å². The van der Waals surface area contributed by atoms with E-state index in [1.165, 1.54) is 11.1 Å². The summed E-state index contributed by atoms with van der Waals surface area (Å²) in [6, 6.07) is 18.4. The molecule has 0 N–H and O–H groups in total. The minimum Gasteiger partial charge on any atom is -0.238 e. The number of benzene rings is 2. The summed E-state index contributed by atoms with van der Waals surface area (Å²) in [6.07, 6.45) is 0.904. The van der Waals surface area contributed by atoms with Crippen molar-refractivity contribution in [3.63, 3.8) is 0 Å². The van der Waals surface area contributed by atoms with Crippen molar-refractivity contribution in [2.45, 2.75) is 19.5 Å². The number of carbonyl (C=O) groups excluding carboxylic acids is 1. The van der Waals surface area contributed by atoms with Crippen LogP contribution in [0.25, 0.3) is 0 Å². The van der Waals surface area contributed by atoms with Gasteiger partial charge in [0.2, 0.25) is 0 Å². The van der Waals surface area contributed by atoms with Gasteiger partial charge in [-0.15, -0.1) is 0 Å². The Balaban J connectivity index is 1.93. The number of nitrogens with zero attached hydrogens (tertiary/aromatic N) is 1. The summed E-state index contributed by atoms with van der Waals surface area (Å²) in [5, 5.41) is -0.261. The van der Waals surface area contributed by atoms with E-state index in [9.17, 15) is 4.79 Å². The first-order valence-electron chi connectivity index (χ1n) is 6.86. The van der Waals surface area contributed by atoms with Crippen LogP contribution in [0.15, 0.2) is 54.6 Å². The van der Waals surface area contributed by atoms with Crippen LogP contribution in [0.3, 0.4) is 0 Å². The Morgan fingerprint density at radius 2 is 1.65 bits per heavy atom. The molecule has 20 heavy (non-hydrogen) atoms. The highest BCUT2D eigenvalue weighted by atomic mass is 35.5. The number of carbonyl (C=O) groups is 1. The fourth-order valence-electron chi connectivity index (χ4n) is 2.98. The van der Waals surface area contributed by atoms with Crippen LogP contribution >= 0.6 is 11.6 Å². The molecule has 1 amide bonds. The highest BCUT2D eigenvalue weighted by Crippen LogP contribution is 2.29. The molecular formula is C17H17ClNO+. The molecular weight excluding hydrogens is 270 g/mol. The third-order valence-electron chi connectivity index (χ3n) is 4.10. The lowest BCUT2D eigenvalue weighted by Crippen LogP contribution is -2.52. The van der Waals surface area contributed by atoms with Crippen molar-refractivity contribution in [2.24, 2.45) is 0 Å². The molecule has 1 heterocycles. The molecule has 102 valence electrons. The second-order valence-corrected chi connectivity index (χ2v) is 5.77. The van der Waals surface area contributed by atoms with Crippen LogP contribution in [-0.4, -0.2) is 16.4 Å². The van der Waals surface area contributed by atoms with Crippen LogP contribution in [0.2, 0.25) is 0 Å². The van der Waals surface area contributed by atoms with Crippen molar-refractivity contribution < 1.29 is 9.28 Å². The van der Waals surface area contributed by atoms with Crippen LogP contribution in [-0.2, 0) is 19.5 Å². The van der Waals surface area contributed by atoms with E-state index in [1.807, 2.05) is 24.3 Å². The summed E-state index contributed by atoms with van der Waals surface area (Å²) < 4.78 is 0.308. The minimum atomic E-state index is -0.261. The lowest BCUT2D eigenvalue weighted by Gasteiger charge is -2.37. The summed E-state index contributed by atoms with van der Waals surface area (Å²) in [5.41, 5.74) is 3.73. The lowest BCUT2D eigenvalue weighted by molar-refractivity contribution is -0.873. The second-order valence-electron chi connectivity index (χ2n) is 5.44. The lowest BCUT2D eigenvalue weighted by atomic mass is 9.97. The van der Waals surface area contributed by atoms with Gasteiger partial charge >= 0.3 is 5.37 Å². The normalized spacial score (nSPS) is 21.2. The molecule has 0 bridgehead atoms. The van der Waals surface area contributed by atoms with Crippen molar-refractivity contribution in [2.75, 3.05) is 6.54 Å². The zero-order chi connectivity index (χ0) is 14.0. The molecule has 0 spiro atoms. The van der Waals surface area contributed by atoms with Crippen molar-refractivity contribution in [3.05, 3.63) is 71.3 Å². The Labute approximate surface area is 124 Å². The zero-order valence-corrected chi connectivity index (χ0v) is 12.0. The molecule has 1 unspecified atom stereocenters. The number of rotatable bonds is 2. The van der Waals surface area contributed by atoms with Gasteiger partial charge < -0.3 is 0 Å². The second kappa shape index (κ2) is 5.39. The molecule has 3 rings (SSSR count). The van der Waals surface area contributed by atoms with Gasteiger partial charge in [0.1, 0.15) is 13.1 Å². The highest BCUT2D eigenvalue weighted by Gasteiger charge is 2.39. The quantitative estimate of drug-likeness (QED) is 0.461. The smallest absolute Gasteiger partial charge is 0.238 e. The predicted molar refractivity (Wildman–Crippen MR) is 80.4 cm³/mol. The molecule has 0 saturated heterocycles. The number of hydrogen-bond acceptors (Lipinski definition) is 1. The molecule has 1 aliphatic rings. The fraction of sp³-hybridized carbons (Fsp3) is 0.235. The first-order valence-corrected chi connectivity index (χ1v) is 7.24. The van der Waals surface area contributed by atoms with Crippen molar-refractivity contribution in [1.82, 2.24) is 0 Å². The van der Waals surface area contributed by atoms with E-state index in [0.29, 0.717) is 17.6 Å². The maximum absolute atomic E-state index is 12.1. The minimum absolute atomic E-state index is 0.261. The number of halogens is 1. The van der Waals surface area contributed by atoms with E-state index in [1.54, 1.807) is 0 Å². The van der Waals surface area contributed by atoms with Crippen molar-refractivity contribution in [3.8, 4) is 0 Å². The van der Waals surface area contributed by atoms with Crippen LogP contribution in [0, 0.1) is 0 Å². The van der Waals surface area contributed by atoms with Gasteiger partial charge in [0, 0.05) is 29.1 Å². The van der Waals surface area contributed by atoms with Crippen LogP contribution in [0.4, 0.5) is 4.79 Å². The topological polar surface area (TPSA) is 17.1 Å². The fourth-order valence-corrected chi connectivity index (χ4v) is 3.18.